The molecular formula is C54H45N. The molecule has 0 unspecified atom stereocenters. The molecule has 0 aliphatic heterocycles. The number of hydrogen-bond acceptors (Lipinski definition) is 0. The predicted molar refractivity (Wildman–Crippen MR) is 237 cm³/mol. The molecule has 0 saturated carbocycles. The monoisotopic (exact) mass is 707 g/mol. The van der Waals surface area contributed by atoms with Gasteiger partial charge in [0, 0.05) is 27.0 Å². The Labute approximate surface area is 323 Å². The van der Waals surface area contributed by atoms with Gasteiger partial charge in [-0.3, -0.25) is 0 Å². The van der Waals surface area contributed by atoms with E-state index in [4.69, 9.17) is 0 Å². The van der Waals surface area contributed by atoms with Gasteiger partial charge in [-0.2, -0.15) is 0 Å². The summed E-state index contributed by atoms with van der Waals surface area (Å²) in [5.74, 6) is 0.524. The second kappa shape index (κ2) is 11.1. The van der Waals surface area contributed by atoms with Gasteiger partial charge < -0.3 is 4.40 Å². The highest BCUT2D eigenvalue weighted by Crippen LogP contribution is 2.56. The van der Waals surface area contributed by atoms with Gasteiger partial charge in [0.25, 0.3) is 0 Å². The first-order valence-electron chi connectivity index (χ1n) is 19.9. The molecule has 0 atom stereocenters. The van der Waals surface area contributed by atoms with Crippen LogP contribution in [0.3, 0.4) is 0 Å². The average Bonchev–Trinajstić information content (AvgIpc) is 3.76. The first-order chi connectivity index (χ1) is 26.5. The van der Waals surface area contributed by atoms with E-state index in [1.165, 1.54) is 115 Å². The maximum absolute atomic E-state index is 2.58. The summed E-state index contributed by atoms with van der Waals surface area (Å²) in [7, 11) is 0. The number of rotatable bonds is 3. The zero-order valence-corrected chi connectivity index (χ0v) is 32.8. The second-order valence-corrected chi connectivity index (χ2v) is 18.0. The topological polar surface area (TPSA) is 4.41 Å². The van der Waals surface area contributed by atoms with Crippen molar-refractivity contribution in [2.45, 2.75) is 65.2 Å². The highest BCUT2D eigenvalue weighted by Gasteiger charge is 2.38. The molecule has 0 saturated heterocycles. The Balaban J connectivity index is 1.19. The third-order valence-corrected chi connectivity index (χ3v) is 13.0. The molecule has 2 aromatic heterocycles. The van der Waals surface area contributed by atoms with Crippen LogP contribution in [0, 0.1) is 0 Å². The fourth-order valence-corrected chi connectivity index (χ4v) is 9.85. The van der Waals surface area contributed by atoms with E-state index in [1.54, 1.807) is 0 Å². The quantitative estimate of drug-likeness (QED) is 0.172. The molecule has 0 N–H and O–H groups in total. The third kappa shape index (κ3) is 4.59. The van der Waals surface area contributed by atoms with Crippen LogP contribution in [0.25, 0.3) is 93.0 Å². The zero-order chi connectivity index (χ0) is 37.5. The molecule has 0 amide bonds. The van der Waals surface area contributed by atoms with Gasteiger partial charge in [-0.1, -0.05) is 146 Å². The molecule has 11 rings (SSSR count). The molecular weight excluding hydrogens is 663 g/mol. The van der Waals surface area contributed by atoms with Gasteiger partial charge in [0.1, 0.15) is 0 Å². The lowest BCUT2D eigenvalue weighted by Crippen LogP contribution is -2.14. The van der Waals surface area contributed by atoms with Gasteiger partial charge in [0.05, 0.1) is 16.6 Å². The van der Waals surface area contributed by atoms with Crippen LogP contribution < -0.4 is 0 Å². The Morgan fingerprint density at radius 3 is 1.69 bits per heavy atom. The molecule has 1 aliphatic rings. The maximum atomic E-state index is 2.58. The van der Waals surface area contributed by atoms with Crippen LogP contribution in [-0.4, -0.2) is 4.40 Å². The lowest BCUT2D eigenvalue weighted by molar-refractivity contribution is 0.590. The highest BCUT2D eigenvalue weighted by molar-refractivity contribution is 6.30. The Morgan fingerprint density at radius 1 is 0.509 bits per heavy atom. The van der Waals surface area contributed by atoms with E-state index in [-0.39, 0.29) is 10.8 Å². The molecule has 0 fully saturated rings. The van der Waals surface area contributed by atoms with Crippen LogP contribution in [0.4, 0.5) is 0 Å². The Kier molecular flexibility index (Phi) is 6.55. The number of aromatic nitrogens is 1. The minimum Gasteiger partial charge on any atom is -0.308 e. The fourth-order valence-electron chi connectivity index (χ4n) is 9.85. The van der Waals surface area contributed by atoms with E-state index in [2.05, 4.69) is 192 Å². The zero-order valence-electron chi connectivity index (χ0n) is 32.8. The lowest BCUT2D eigenvalue weighted by Gasteiger charge is -2.21. The molecule has 2 heterocycles. The number of nitrogens with zero attached hydrogens (tertiary/aromatic N) is 1. The average molecular weight is 708 g/mol. The SMILES string of the molecule is CC(C)c1ccc(-c2ccc3cc4c(cc3c2)c2cc3c(c5c6cc7cc(-c8ccc(C(C)(C)C)cc8)ccc7cc6n4c25)-c2ccccc2C3(C)C)cc1. The Hall–Kier alpha value is -5.92. The standard InChI is InChI=1S/C54H45N/c1-31(2)32-12-14-33(15-13-32)35-16-18-37-28-48-43(26-39(37)24-35)44-30-47-50(42-10-8-9-11-46(42)54(47,6)7)51-45-27-40-25-36(34-20-22-41(23-21-34)53(3,4)5)17-19-38(40)29-49(45)55(48)52(44)51/h8-31H,1-7H3. The molecule has 1 aliphatic carbocycles. The van der Waals surface area contributed by atoms with E-state index in [1.807, 2.05) is 0 Å². The van der Waals surface area contributed by atoms with E-state index >= 15 is 0 Å². The first kappa shape index (κ1) is 32.5. The van der Waals surface area contributed by atoms with Crippen molar-refractivity contribution in [3.63, 3.8) is 0 Å². The van der Waals surface area contributed by atoms with Gasteiger partial charge in [-0.25, -0.2) is 0 Å². The van der Waals surface area contributed by atoms with Crippen LogP contribution >= 0.6 is 0 Å². The Bertz CT molecular complexity index is 3200. The molecule has 55 heavy (non-hydrogen) atoms. The number of hydrogen-bond donors (Lipinski definition) is 0. The van der Waals surface area contributed by atoms with Crippen molar-refractivity contribution >= 4 is 59.6 Å². The largest absolute Gasteiger partial charge is 0.308 e. The van der Waals surface area contributed by atoms with Crippen LogP contribution in [0.1, 0.15) is 76.6 Å². The summed E-state index contributed by atoms with van der Waals surface area (Å²) >= 11 is 0. The van der Waals surface area contributed by atoms with Gasteiger partial charge in [0.2, 0.25) is 0 Å². The highest BCUT2D eigenvalue weighted by atomic mass is 14.9. The van der Waals surface area contributed by atoms with E-state index < -0.39 is 0 Å². The molecule has 10 aromatic rings. The van der Waals surface area contributed by atoms with Crippen molar-refractivity contribution in [2.24, 2.45) is 0 Å². The third-order valence-electron chi connectivity index (χ3n) is 13.0. The van der Waals surface area contributed by atoms with Crippen molar-refractivity contribution < 1.29 is 0 Å². The van der Waals surface area contributed by atoms with Gasteiger partial charge in [-0.05, 0) is 131 Å². The summed E-state index contributed by atoms with van der Waals surface area (Å²) in [6.45, 7) is 16.2. The van der Waals surface area contributed by atoms with Crippen LogP contribution in [-0.2, 0) is 10.8 Å². The van der Waals surface area contributed by atoms with Crippen molar-refractivity contribution in [2.75, 3.05) is 0 Å². The normalized spacial score (nSPS) is 14.0. The molecule has 0 spiro atoms. The van der Waals surface area contributed by atoms with Gasteiger partial charge in [0.15, 0.2) is 0 Å². The van der Waals surface area contributed by atoms with Crippen LogP contribution in [0.15, 0.2) is 140 Å². The minimum absolute atomic E-state index is 0.108. The summed E-state index contributed by atoms with van der Waals surface area (Å²) < 4.78 is 2.58. The molecule has 0 bridgehead atoms. The van der Waals surface area contributed by atoms with E-state index in [0.717, 1.165) is 0 Å². The lowest BCUT2D eigenvalue weighted by atomic mass is 9.81. The molecule has 1 nitrogen and oxygen atoms in total. The molecule has 1 heteroatoms. The van der Waals surface area contributed by atoms with E-state index in [0.29, 0.717) is 5.92 Å². The van der Waals surface area contributed by atoms with Crippen molar-refractivity contribution in [1.29, 1.82) is 0 Å². The summed E-state index contributed by atoms with van der Waals surface area (Å²) in [6, 6.07) is 53.8. The summed E-state index contributed by atoms with van der Waals surface area (Å²) in [5.41, 5.74) is 17.3. The fraction of sp³-hybridized carbons (Fsp3) is 0.185. The first-order valence-corrected chi connectivity index (χ1v) is 19.9. The minimum atomic E-state index is -0.108. The number of benzene rings is 8. The van der Waals surface area contributed by atoms with Crippen molar-refractivity contribution in [3.05, 3.63) is 162 Å². The van der Waals surface area contributed by atoms with Crippen LogP contribution in [0.2, 0.25) is 0 Å². The second-order valence-electron chi connectivity index (χ2n) is 18.0. The van der Waals surface area contributed by atoms with Crippen LogP contribution in [0.5, 0.6) is 0 Å². The van der Waals surface area contributed by atoms with Crippen molar-refractivity contribution in [3.8, 4) is 33.4 Å². The van der Waals surface area contributed by atoms with Gasteiger partial charge >= 0.3 is 0 Å². The molecule has 0 radical (unpaired) electrons. The molecule has 266 valence electrons. The Morgan fingerprint density at radius 2 is 1.07 bits per heavy atom. The van der Waals surface area contributed by atoms with Crippen molar-refractivity contribution in [1.82, 2.24) is 4.40 Å². The predicted octanol–water partition coefficient (Wildman–Crippen LogP) is 15.2. The smallest absolute Gasteiger partial charge is 0.0626 e. The summed E-state index contributed by atoms with van der Waals surface area (Å²) in [6.07, 6.45) is 0. The maximum Gasteiger partial charge on any atom is 0.0626 e. The number of fused-ring (bicyclic) bond motifs is 12. The van der Waals surface area contributed by atoms with Gasteiger partial charge in [-0.15, -0.1) is 0 Å². The van der Waals surface area contributed by atoms with E-state index in [9.17, 15) is 0 Å². The summed E-state index contributed by atoms with van der Waals surface area (Å²) in [5, 5.41) is 10.5. The summed E-state index contributed by atoms with van der Waals surface area (Å²) in [4.78, 5) is 0. The molecule has 8 aromatic carbocycles.